The zero-order valence-corrected chi connectivity index (χ0v) is 18.0. The molecule has 1 aliphatic rings. The highest BCUT2D eigenvalue weighted by molar-refractivity contribution is 7.80. The molecule has 0 aromatic heterocycles. The van der Waals surface area contributed by atoms with Crippen LogP contribution in [0.2, 0.25) is 0 Å². The van der Waals surface area contributed by atoms with Crippen molar-refractivity contribution in [1.29, 1.82) is 0 Å². The SMILES string of the molecule is COc1ccc(N2C(=O)/C(=C\c3c4ccccc4cc4ccccc34)C(=O)NC2=S)cc1. The highest BCUT2D eigenvalue weighted by atomic mass is 32.1. The summed E-state index contributed by atoms with van der Waals surface area (Å²) >= 11 is 5.31. The second-order valence-corrected chi connectivity index (χ2v) is 7.78. The number of nitrogens with one attached hydrogen (secondary N) is 1. The van der Waals surface area contributed by atoms with E-state index in [1.807, 2.05) is 48.5 Å². The summed E-state index contributed by atoms with van der Waals surface area (Å²) in [7, 11) is 1.57. The molecule has 1 heterocycles. The van der Waals surface area contributed by atoms with Gasteiger partial charge in [-0.15, -0.1) is 0 Å². The first-order chi connectivity index (χ1) is 15.6. The van der Waals surface area contributed by atoms with E-state index in [1.165, 1.54) is 4.90 Å². The van der Waals surface area contributed by atoms with Crippen molar-refractivity contribution in [2.75, 3.05) is 12.0 Å². The van der Waals surface area contributed by atoms with Crippen molar-refractivity contribution < 1.29 is 14.3 Å². The summed E-state index contributed by atoms with van der Waals surface area (Å²) in [6, 6.07) is 24.9. The monoisotopic (exact) mass is 438 g/mol. The number of fused-ring (bicyclic) bond motifs is 2. The third-order valence-corrected chi connectivity index (χ3v) is 5.82. The minimum absolute atomic E-state index is 0.0240. The van der Waals surface area contributed by atoms with E-state index in [4.69, 9.17) is 17.0 Å². The molecule has 0 bridgehead atoms. The molecular weight excluding hydrogens is 420 g/mol. The van der Waals surface area contributed by atoms with Gasteiger partial charge in [-0.05, 0) is 75.7 Å². The van der Waals surface area contributed by atoms with E-state index in [-0.39, 0.29) is 10.7 Å². The van der Waals surface area contributed by atoms with Crippen molar-refractivity contribution >= 4 is 62.5 Å². The molecule has 2 amide bonds. The average Bonchev–Trinajstić information content (AvgIpc) is 2.81. The van der Waals surface area contributed by atoms with E-state index in [0.717, 1.165) is 27.1 Å². The standard InChI is InChI=1S/C26H18N2O3S/c1-31-19-12-10-18(11-13-19)28-25(30)23(24(29)27-26(28)32)15-22-20-8-4-2-6-16(20)14-17-7-3-5-9-21(17)22/h2-15H,1H3,(H,27,29,32)/b23-15-. The van der Waals surface area contributed by atoms with Gasteiger partial charge in [-0.2, -0.15) is 0 Å². The number of carbonyl (C=O) groups is 2. The van der Waals surface area contributed by atoms with Gasteiger partial charge < -0.3 is 4.74 Å². The first kappa shape index (κ1) is 19.9. The number of nitrogens with zero attached hydrogens (tertiary/aromatic N) is 1. The molecule has 4 aromatic rings. The van der Waals surface area contributed by atoms with Gasteiger partial charge in [0.25, 0.3) is 11.8 Å². The molecule has 1 N–H and O–H groups in total. The molecule has 5 rings (SSSR count). The van der Waals surface area contributed by atoms with Crippen LogP contribution in [-0.4, -0.2) is 24.0 Å². The number of rotatable bonds is 3. The van der Waals surface area contributed by atoms with Gasteiger partial charge in [-0.3, -0.25) is 19.8 Å². The van der Waals surface area contributed by atoms with E-state index < -0.39 is 11.8 Å². The molecule has 6 heteroatoms. The second-order valence-electron chi connectivity index (χ2n) is 7.39. The number of hydrogen-bond donors (Lipinski definition) is 1. The lowest BCUT2D eigenvalue weighted by molar-refractivity contribution is -0.122. The summed E-state index contributed by atoms with van der Waals surface area (Å²) < 4.78 is 5.19. The van der Waals surface area contributed by atoms with Gasteiger partial charge in [0, 0.05) is 0 Å². The molecule has 4 aromatic carbocycles. The summed E-state index contributed by atoms with van der Waals surface area (Å²) in [6.45, 7) is 0. The molecule has 0 spiro atoms. The Morgan fingerprint density at radius 2 is 1.47 bits per heavy atom. The third kappa shape index (κ3) is 3.31. The Morgan fingerprint density at radius 3 is 2.06 bits per heavy atom. The molecule has 1 saturated heterocycles. The van der Waals surface area contributed by atoms with Gasteiger partial charge in [-0.25, -0.2) is 0 Å². The number of thiocarbonyl (C=S) groups is 1. The lowest BCUT2D eigenvalue weighted by atomic mass is 9.94. The highest BCUT2D eigenvalue weighted by Crippen LogP contribution is 2.31. The summed E-state index contributed by atoms with van der Waals surface area (Å²) in [6.07, 6.45) is 1.67. The maximum Gasteiger partial charge on any atom is 0.270 e. The van der Waals surface area contributed by atoms with Gasteiger partial charge in [0.1, 0.15) is 11.3 Å². The molecule has 32 heavy (non-hydrogen) atoms. The number of amides is 2. The molecule has 0 atom stereocenters. The second kappa shape index (κ2) is 7.90. The van der Waals surface area contributed by atoms with Crippen LogP contribution in [0.1, 0.15) is 5.56 Å². The van der Waals surface area contributed by atoms with Crippen molar-refractivity contribution in [3.8, 4) is 5.75 Å². The summed E-state index contributed by atoms with van der Waals surface area (Å²) in [5.41, 5.74) is 1.39. The molecule has 0 radical (unpaired) electrons. The van der Waals surface area contributed by atoms with Crippen molar-refractivity contribution in [2.45, 2.75) is 0 Å². The van der Waals surface area contributed by atoms with Gasteiger partial charge in [0.2, 0.25) is 0 Å². The Balaban J connectivity index is 1.68. The predicted molar refractivity (Wildman–Crippen MR) is 131 cm³/mol. The summed E-state index contributed by atoms with van der Waals surface area (Å²) in [4.78, 5) is 27.6. The van der Waals surface area contributed by atoms with E-state index in [1.54, 1.807) is 37.5 Å². The van der Waals surface area contributed by atoms with Crippen LogP contribution in [0.4, 0.5) is 5.69 Å². The van der Waals surface area contributed by atoms with Gasteiger partial charge >= 0.3 is 0 Å². The lowest BCUT2D eigenvalue weighted by Gasteiger charge is -2.29. The van der Waals surface area contributed by atoms with Crippen LogP contribution in [0.3, 0.4) is 0 Å². The number of carbonyl (C=O) groups excluding carboxylic acids is 2. The van der Waals surface area contributed by atoms with E-state index in [9.17, 15) is 9.59 Å². The molecule has 0 unspecified atom stereocenters. The fraction of sp³-hybridized carbons (Fsp3) is 0.0385. The zero-order valence-electron chi connectivity index (χ0n) is 17.2. The van der Waals surface area contributed by atoms with Crippen LogP contribution in [0.5, 0.6) is 5.75 Å². The van der Waals surface area contributed by atoms with E-state index >= 15 is 0 Å². The molecule has 0 saturated carbocycles. The summed E-state index contributed by atoms with van der Waals surface area (Å²) in [5, 5.41) is 6.68. The zero-order chi connectivity index (χ0) is 22.2. The molecule has 1 aliphatic heterocycles. The summed E-state index contributed by atoms with van der Waals surface area (Å²) in [5.74, 6) is -0.325. The number of benzene rings is 4. The topological polar surface area (TPSA) is 58.6 Å². The van der Waals surface area contributed by atoms with Gasteiger partial charge in [0.05, 0.1) is 12.8 Å². The van der Waals surface area contributed by atoms with Crippen LogP contribution in [-0.2, 0) is 9.59 Å². The molecule has 5 nitrogen and oxygen atoms in total. The number of ether oxygens (including phenoxy) is 1. The maximum atomic E-state index is 13.5. The quantitative estimate of drug-likeness (QED) is 0.215. The van der Waals surface area contributed by atoms with Crippen LogP contribution in [0, 0.1) is 0 Å². The minimum Gasteiger partial charge on any atom is -0.497 e. The number of anilines is 1. The highest BCUT2D eigenvalue weighted by Gasteiger charge is 2.34. The minimum atomic E-state index is -0.512. The molecule has 1 fully saturated rings. The number of hydrogen-bond acceptors (Lipinski definition) is 4. The fourth-order valence-corrected chi connectivity index (χ4v) is 4.25. The predicted octanol–water partition coefficient (Wildman–Crippen LogP) is 4.83. The Labute approximate surface area is 189 Å². The Bertz CT molecular complexity index is 1390. The van der Waals surface area contributed by atoms with Crippen molar-refractivity contribution in [3.63, 3.8) is 0 Å². The lowest BCUT2D eigenvalue weighted by Crippen LogP contribution is -2.54. The Morgan fingerprint density at radius 1 is 0.875 bits per heavy atom. The smallest absolute Gasteiger partial charge is 0.270 e. The maximum absolute atomic E-state index is 13.5. The van der Waals surface area contributed by atoms with Crippen molar-refractivity contribution in [3.05, 3.63) is 90.0 Å². The van der Waals surface area contributed by atoms with Crippen LogP contribution >= 0.6 is 12.2 Å². The Kier molecular flexibility index (Phi) is 4.92. The van der Waals surface area contributed by atoms with Crippen molar-refractivity contribution in [2.24, 2.45) is 0 Å². The fourth-order valence-electron chi connectivity index (χ4n) is 3.97. The molecule has 0 aliphatic carbocycles. The van der Waals surface area contributed by atoms with Crippen LogP contribution in [0.25, 0.3) is 27.6 Å². The van der Waals surface area contributed by atoms with E-state index in [0.29, 0.717) is 11.4 Å². The average molecular weight is 439 g/mol. The first-order valence-electron chi connectivity index (χ1n) is 10.0. The molecular formula is C26H18N2O3S. The van der Waals surface area contributed by atoms with Gasteiger partial charge in [0.15, 0.2) is 5.11 Å². The van der Waals surface area contributed by atoms with Gasteiger partial charge in [-0.1, -0.05) is 48.5 Å². The first-order valence-corrected chi connectivity index (χ1v) is 10.4. The van der Waals surface area contributed by atoms with Crippen molar-refractivity contribution in [1.82, 2.24) is 5.32 Å². The van der Waals surface area contributed by atoms with Crippen LogP contribution in [0.15, 0.2) is 84.4 Å². The normalized spacial score (nSPS) is 15.5. The molecule has 156 valence electrons. The number of methoxy groups -OCH3 is 1. The third-order valence-electron chi connectivity index (χ3n) is 5.53. The Hall–Kier alpha value is -4.03. The largest absolute Gasteiger partial charge is 0.497 e. The van der Waals surface area contributed by atoms with Crippen LogP contribution < -0.4 is 15.0 Å². The van der Waals surface area contributed by atoms with E-state index in [2.05, 4.69) is 11.4 Å².